The average Bonchev–Trinajstić information content (AvgIpc) is 3.08. The second kappa shape index (κ2) is 9.68. The van der Waals surface area contributed by atoms with Crippen molar-refractivity contribution in [1.29, 1.82) is 0 Å². The van der Waals surface area contributed by atoms with Gasteiger partial charge < -0.3 is 9.64 Å². The summed E-state index contributed by atoms with van der Waals surface area (Å²) < 4.78 is 6.44. The summed E-state index contributed by atoms with van der Waals surface area (Å²) in [6, 6.07) is 12.2. The minimum absolute atomic E-state index is 0.161. The minimum atomic E-state index is 0.161. The van der Waals surface area contributed by atoms with E-state index in [0.29, 0.717) is 13.1 Å². The number of rotatable bonds is 7. The second-order valence-corrected chi connectivity index (χ2v) is 9.41. The highest BCUT2D eigenvalue weighted by Gasteiger charge is 2.21. The Labute approximate surface area is 173 Å². The lowest BCUT2D eigenvalue weighted by Crippen LogP contribution is -2.49. The van der Waals surface area contributed by atoms with Crippen molar-refractivity contribution in [1.82, 2.24) is 14.7 Å². The molecular weight excluding hydrogens is 426 g/mol. The van der Waals surface area contributed by atoms with Crippen molar-refractivity contribution in [2.75, 3.05) is 46.9 Å². The van der Waals surface area contributed by atoms with E-state index in [1.807, 2.05) is 31.3 Å². The highest BCUT2D eigenvalue weighted by molar-refractivity contribution is 9.11. The molecule has 7 heteroatoms. The van der Waals surface area contributed by atoms with E-state index >= 15 is 0 Å². The zero-order chi connectivity index (χ0) is 19.2. The first-order valence-electron chi connectivity index (χ1n) is 9.09. The van der Waals surface area contributed by atoms with Crippen LogP contribution in [-0.4, -0.2) is 67.5 Å². The molecule has 2 heterocycles. The fourth-order valence-corrected chi connectivity index (χ4v) is 4.73. The third-order valence-electron chi connectivity index (χ3n) is 4.81. The van der Waals surface area contributed by atoms with Crippen molar-refractivity contribution in [3.8, 4) is 5.75 Å². The maximum atomic E-state index is 12.6. The summed E-state index contributed by atoms with van der Waals surface area (Å²) in [6.45, 7) is 5.96. The van der Waals surface area contributed by atoms with Gasteiger partial charge in [-0.15, -0.1) is 11.3 Å². The SMILES string of the molecule is COc1cccc(CN(C)C(=O)CN2CCN(Cc3ccc(Br)s3)CC2)c1. The third kappa shape index (κ3) is 6.04. The molecule has 27 heavy (non-hydrogen) atoms. The molecule has 5 nitrogen and oxygen atoms in total. The van der Waals surface area contributed by atoms with Gasteiger partial charge in [-0.3, -0.25) is 14.6 Å². The number of halogens is 1. The number of amides is 1. The zero-order valence-electron chi connectivity index (χ0n) is 15.9. The number of nitrogens with zero attached hydrogens (tertiary/aromatic N) is 3. The van der Waals surface area contributed by atoms with Crippen LogP contribution in [0, 0.1) is 0 Å². The number of benzene rings is 1. The fraction of sp³-hybridized carbons (Fsp3) is 0.450. The van der Waals surface area contributed by atoms with Gasteiger partial charge in [0.2, 0.25) is 5.91 Å². The summed E-state index contributed by atoms with van der Waals surface area (Å²) in [5.41, 5.74) is 1.08. The molecule has 0 unspecified atom stereocenters. The van der Waals surface area contributed by atoms with E-state index in [1.165, 1.54) is 8.66 Å². The Balaban J connectivity index is 1.43. The topological polar surface area (TPSA) is 36.0 Å². The molecule has 1 amide bonds. The number of carbonyl (C=O) groups is 1. The number of carbonyl (C=O) groups excluding carboxylic acids is 1. The van der Waals surface area contributed by atoms with E-state index in [9.17, 15) is 4.79 Å². The van der Waals surface area contributed by atoms with E-state index in [0.717, 1.165) is 44.0 Å². The number of hydrogen-bond acceptors (Lipinski definition) is 5. The van der Waals surface area contributed by atoms with Gasteiger partial charge in [-0.2, -0.15) is 0 Å². The van der Waals surface area contributed by atoms with Crippen molar-refractivity contribution in [2.24, 2.45) is 0 Å². The predicted octanol–water partition coefficient (Wildman–Crippen LogP) is 3.30. The van der Waals surface area contributed by atoms with Crippen molar-refractivity contribution in [2.45, 2.75) is 13.1 Å². The highest BCUT2D eigenvalue weighted by atomic mass is 79.9. The van der Waals surface area contributed by atoms with Gasteiger partial charge >= 0.3 is 0 Å². The quantitative estimate of drug-likeness (QED) is 0.646. The lowest BCUT2D eigenvalue weighted by atomic mass is 10.2. The number of thiophene rings is 1. The van der Waals surface area contributed by atoms with Gasteiger partial charge in [-0.05, 0) is 45.8 Å². The van der Waals surface area contributed by atoms with Gasteiger partial charge in [0.1, 0.15) is 5.75 Å². The molecule has 3 rings (SSSR count). The van der Waals surface area contributed by atoms with Crippen LogP contribution in [0.4, 0.5) is 0 Å². The molecule has 0 radical (unpaired) electrons. The van der Waals surface area contributed by atoms with Crippen molar-refractivity contribution < 1.29 is 9.53 Å². The smallest absolute Gasteiger partial charge is 0.236 e. The lowest BCUT2D eigenvalue weighted by Gasteiger charge is -2.34. The summed E-state index contributed by atoms with van der Waals surface area (Å²) in [5.74, 6) is 0.982. The summed E-state index contributed by atoms with van der Waals surface area (Å²) >= 11 is 5.31. The van der Waals surface area contributed by atoms with Gasteiger partial charge in [0.15, 0.2) is 0 Å². The van der Waals surface area contributed by atoms with Crippen LogP contribution < -0.4 is 4.74 Å². The molecule has 0 N–H and O–H groups in total. The summed E-state index contributed by atoms with van der Waals surface area (Å²) in [5, 5.41) is 0. The average molecular weight is 452 g/mol. The second-order valence-electron chi connectivity index (χ2n) is 6.86. The maximum absolute atomic E-state index is 12.6. The Bertz CT molecular complexity index is 759. The number of ether oxygens (including phenoxy) is 1. The molecule has 2 aromatic rings. The molecule has 146 valence electrons. The van der Waals surface area contributed by atoms with E-state index < -0.39 is 0 Å². The highest BCUT2D eigenvalue weighted by Crippen LogP contribution is 2.23. The van der Waals surface area contributed by atoms with Crippen LogP contribution in [0.25, 0.3) is 0 Å². The number of likely N-dealkylation sites (N-methyl/N-ethyl adjacent to an activating group) is 1. The largest absolute Gasteiger partial charge is 0.497 e. The Kier molecular flexibility index (Phi) is 7.29. The van der Waals surface area contributed by atoms with Gasteiger partial charge in [0, 0.05) is 51.2 Å². The van der Waals surface area contributed by atoms with E-state index in [2.05, 4.69) is 37.9 Å². The molecule has 0 aliphatic carbocycles. The maximum Gasteiger partial charge on any atom is 0.236 e. The molecule has 1 aliphatic heterocycles. The van der Waals surface area contributed by atoms with Crippen molar-refractivity contribution in [3.05, 3.63) is 50.6 Å². The number of methoxy groups -OCH3 is 1. The van der Waals surface area contributed by atoms with Gasteiger partial charge in [-0.25, -0.2) is 0 Å². The first-order chi connectivity index (χ1) is 13.0. The van der Waals surface area contributed by atoms with Crippen LogP contribution in [0.3, 0.4) is 0 Å². The molecule has 0 atom stereocenters. The Morgan fingerprint density at radius 3 is 2.59 bits per heavy atom. The molecule has 1 aromatic heterocycles. The first-order valence-corrected chi connectivity index (χ1v) is 10.7. The fourth-order valence-electron chi connectivity index (χ4n) is 3.21. The standard InChI is InChI=1S/C20H26BrN3O2S/c1-22(13-16-4-3-5-17(12-16)26-2)20(25)15-24-10-8-23(9-11-24)14-18-6-7-19(21)27-18/h3-7,12H,8-11,13-15H2,1-2H3. The predicted molar refractivity (Wildman–Crippen MR) is 113 cm³/mol. The van der Waals surface area contributed by atoms with Gasteiger partial charge in [0.25, 0.3) is 0 Å². The van der Waals surface area contributed by atoms with E-state index in [4.69, 9.17) is 4.74 Å². The monoisotopic (exact) mass is 451 g/mol. The summed E-state index contributed by atoms with van der Waals surface area (Å²) in [6.07, 6.45) is 0. The van der Waals surface area contributed by atoms with Crippen LogP contribution in [-0.2, 0) is 17.9 Å². The summed E-state index contributed by atoms with van der Waals surface area (Å²) in [7, 11) is 3.53. The summed E-state index contributed by atoms with van der Waals surface area (Å²) in [4.78, 5) is 20.5. The molecule has 0 spiro atoms. The van der Waals surface area contributed by atoms with E-state index in [-0.39, 0.29) is 5.91 Å². The normalized spacial score (nSPS) is 15.7. The van der Waals surface area contributed by atoms with Crippen LogP contribution in [0.5, 0.6) is 5.75 Å². The number of hydrogen-bond donors (Lipinski definition) is 0. The zero-order valence-corrected chi connectivity index (χ0v) is 18.3. The first kappa shape index (κ1) is 20.3. The molecule has 1 aromatic carbocycles. The lowest BCUT2D eigenvalue weighted by molar-refractivity contribution is -0.132. The molecule has 0 bridgehead atoms. The van der Waals surface area contributed by atoms with E-state index in [1.54, 1.807) is 23.3 Å². The molecule has 1 saturated heterocycles. The van der Waals surface area contributed by atoms with Crippen LogP contribution in [0.1, 0.15) is 10.4 Å². The van der Waals surface area contributed by atoms with Gasteiger partial charge in [-0.1, -0.05) is 12.1 Å². The molecule has 0 saturated carbocycles. The molecular formula is C20H26BrN3O2S. The molecule has 1 fully saturated rings. The Morgan fingerprint density at radius 1 is 1.19 bits per heavy atom. The van der Waals surface area contributed by atoms with Crippen molar-refractivity contribution >= 4 is 33.2 Å². The minimum Gasteiger partial charge on any atom is -0.497 e. The van der Waals surface area contributed by atoms with Gasteiger partial charge in [0.05, 0.1) is 17.4 Å². The Hall–Kier alpha value is -1.41. The molecule has 1 aliphatic rings. The van der Waals surface area contributed by atoms with Crippen LogP contribution >= 0.6 is 27.3 Å². The van der Waals surface area contributed by atoms with Crippen LogP contribution in [0.15, 0.2) is 40.2 Å². The van der Waals surface area contributed by atoms with Crippen molar-refractivity contribution in [3.63, 3.8) is 0 Å². The van der Waals surface area contributed by atoms with Crippen LogP contribution in [0.2, 0.25) is 0 Å². The Morgan fingerprint density at radius 2 is 1.93 bits per heavy atom. The number of piperazine rings is 1. The third-order valence-corrected chi connectivity index (χ3v) is 6.42.